The first-order chi connectivity index (χ1) is 13.3. The summed E-state index contributed by atoms with van der Waals surface area (Å²) in [5.41, 5.74) is 2.79. The summed E-state index contributed by atoms with van der Waals surface area (Å²) in [6, 6.07) is 15.2. The summed E-state index contributed by atoms with van der Waals surface area (Å²) < 4.78 is 23.0. The average Bonchev–Trinajstić information content (AvgIpc) is 3.08. The van der Waals surface area contributed by atoms with Crippen LogP contribution in [0.25, 0.3) is 10.4 Å². The standard InChI is InChI=1S/C20H17NO5S2/c1-12-3-9-16(10-4-12)21(28(25)26)17-11-18(27-19(17)20(23)24)15-7-5-14(6-8-15)13(2)22/h3-11H,1-2H3,(H,23,24)(H,25,26). The van der Waals surface area contributed by atoms with Crippen LogP contribution in [0, 0.1) is 6.92 Å². The summed E-state index contributed by atoms with van der Waals surface area (Å²) in [6.07, 6.45) is 0. The maximum absolute atomic E-state index is 12.0. The molecule has 0 radical (unpaired) electrons. The van der Waals surface area contributed by atoms with Gasteiger partial charge in [0.1, 0.15) is 4.88 Å². The molecular weight excluding hydrogens is 398 g/mol. The summed E-state index contributed by atoms with van der Waals surface area (Å²) in [7, 11) is 0. The molecule has 1 aromatic heterocycles. The number of anilines is 2. The number of benzene rings is 2. The van der Waals surface area contributed by atoms with Gasteiger partial charge in [-0.2, -0.15) is 0 Å². The predicted molar refractivity (Wildman–Crippen MR) is 111 cm³/mol. The largest absolute Gasteiger partial charge is 0.477 e. The van der Waals surface area contributed by atoms with Crippen LogP contribution in [0.15, 0.2) is 54.6 Å². The highest BCUT2D eigenvalue weighted by atomic mass is 32.2. The molecule has 1 heterocycles. The minimum atomic E-state index is -2.46. The molecule has 0 bridgehead atoms. The Bertz CT molecular complexity index is 1060. The highest BCUT2D eigenvalue weighted by Crippen LogP contribution is 2.40. The van der Waals surface area contributed by atoms with Crippen LogP contribution in [0.5, 0.6) is 0 Å². The molecule has 0 amide bonds. The fourth-order valence-electron chi connectivity index (χ4n) is 2.69. The van der Waals surface area contributed by atoms with Gasteiger partial charge in [0.15, 0.2) is 5.78 Å². The summed E-state index contributed by atoms with van der Waals surface area (Å²) in [4.78, 5) is 23.8. The molecular formula is C20H17NO5S2. The molecule has 0 aliphatic heterocycles. The minimum absolute atomic E-state index is 0.0476. The molecule has 6 nitrogen and oxygen atoms in total. The fourth-order valence-corrected chi connectivity index (χ4v) is 4.35. The third kappa shape index (κ3) is 4.04. The van der Waals surface area contributed by atoms with E-state index in [1.54, 1.807) is 54.6 Å². The molecule has 2 N–H and O–H groups in total. The van der Waals surface area contributed by atoms with Crippen LogP contribution in [-0.2, 0) is 11.3 Å². The summed E-state index contributed by atoms with van der Waals surface area (Å²) >= 11 is -1.45. The second-order valence-electron chi connectivity index (χ2n) is 6.12. The Kier molecular flexibility index (Phi) is 5.73. The van der Waals surface area contributed by atoms with E-state index in [-0.39, 0.29) is 16.3 Å². The SMILES string of the molecule is CC(=O)c1ccc(-c2cc(N(c3ccc(C)cc3)S(=O)O)c(C(=O)O)s2)cc1. The number of carboxylic acids is 1. The number of rotatable bonds is 6. The zero-order chi connectivity index (χ0) is 20.4. The van der Waals surface area contributed by atoms with Crippen LogP contribution in [0.4, 0.5) is 11.4 Å². The molecule has 0 spiro atoms. The second kappa shape index (κ2) is 8.05. The number of hydrogen-bond acceptors (Lipinski definition) is 4. The smallest absolute Gasteiger partial charge is 0.348 e. The van der Waals surface area contributed by atoms with E-state index in [1.807, 2.05) is 6.92 Å². The number of hydrogen-bond donors (Lipinski definition) is 2. The maximum Gasteiger partial charge on any atom is 0.348 e. The summed E-state index contributed by atoms with van der Waals surface area (Å²) in [6.45, 7) is 3.36. The van der Waals surface area contributed by atoms with Gasteiger partial charge in [-0.15, -0.1) is 11.3 Å². The van der Waals surface area contributed by atoms with E-state index in [4.69, 9.17) is 0 Å². The maximum atomic E-state index is 12.0. The van der Waals surface area contributed by atoms with Crippen molar-refractivity contribution in [1.82, 2.24) is 0 Å². The molecule has 0 fully saturated rings. The first kappa shape index (κ1) is 19.9. The number of thiophene rings is 1. The van der Waals surface area contributed by atoms with Crippen molar-refractivity contribution >= 4 is 45.7 Å². The van der Waals surface area contributed by atoms with E-state index in [0.29, 0.717) is 16.1 Å². The number of carbonyl (C=O) groups is 2. The highest BCUT2D eigenvalue weighted by Gasteiger charge is 2.25. The van der Waals surface area contributed by atoms with Gasteiger partial charge in [0, 0.05) is 10.4 Å². The molecule has 3 rings (SSSR count). The van der Waals surface area contributed by atoms with Gasteiger partial charge in [-0.25, -0.2) is 13.3 Å². The van der Waals surface area contributed by atoms with Gasteiger partial charge in [-0.1, -0.05) is 42.0 Å². The molecule has 144 valence electrons. The van der Waals surface area contributed by atoms with Crippen molar-refractivity contribution in [3.8, 4) is 10.4 Å². The van der Waals surface area contributed by atoms with Crippen LogP contribution < -0.4 is 4.31 Å². The van der Waals surface area contributed by atoms with Crippen LogP contribution in [-0.4, -0.2) is 25.6 Å². The molecule has 3 aromatic rings. The van der Waals surface area contributed by atoms with Crippen LogP contribution in [0.1, 0.15) is 32.5 Å². The number of nitrogens with zero attached hydrogens (tertiary/aromatic N) is 1. The number of aryl methyl sites for hydroxylation is 1. The molecule has 28 heavy (non-hydrogen) atoms. The third-order valence-corrected chi connectivity index (χ3v) is 6.01. The lowest BCUT2D eigenvalue weighted by Crippen LogP contribution is -2.20. The van der Waals surface area contributed by atoms with Crippen LogP contribution in [0.2, 0.25) is 0 Å². The van der Waals surface area contributed by atoms with Crippen molar-refractivity contribution in [3.63, 3.8) is 0 Å². The van der Waals surface area contributed by atoms with Gasteiger partial charge < -0.3 is 5.11 Å². The molecule has 8 heteroatoms. The Hall–Kier alpha value is -2.81. The van der Waals surface area contributed by atoms with Crippen molar-refractivity contribution in [2.75, 3.05) is 4.31 Å². The van der Waals surface area contributed by atoms with Gasteiger partial charge >= 0.3 is 5.97 Å². The number of carboxylic acid groups (broad SMARTS) is 1. The molecule has 1 unspecified atom stereocenters. The van der Waals surface area contributed by atoms with Crippen molar-refractivity contribution in [1.29, 1.82) is 0 Å². The van der Waals surface area contributed by atoms with E-state index in [0.717, 1.165) is 26.8 Å². The van der Waals surface area contributed by atoms with Crippen molar-refractivity contribution in [2.24, 2.45) is 0 Å². The van der Waals surface area contributed by atoms with Gasteiger partial charge in [-0.05, 0) is 37.6 Å². The molecule has 0 saturated carbocycles. The van der Waals surface area contributed by atoms with Gasteiger partial charge in [0.25, 0.3) is 11.3 Å². The Morgan fingerprint density at radius 3 is 2.14 bits per heavy atom. The summed E-state index contributed by atoms with van der Waals surface area (Å²) in [5.74, 6) is -1.25. The Morgan fingerprint density at radius 2 is 1.64 bits per heavy atom. The van der Waals surface area contributed by atoms with Crippen LogP contribution in [0.3, 0.4) is 0 Å². The molecule has 0 aliphatic carbocycles. The van der Waals surface area contributed by atoms with Gasteiger partial charge in [0.05, 0.1) is 11.4 Å². The molecule has 0 saturated heterocycles. The minimum Gasteiger partial charge on any atom is -0.477 e. The normalized spacial score (nSPS) is 11.8. The summed E-state index contributed by atoms with van der Waals surface area (Å²) in [5, 5.41) is 9.62. The third-order valence-electron chi connectivity index (χ3n) is 4.13. The van der Waals surface area contributed by atoms with Crippen molar-refractivity contribution in [2.45, 2.75) is 13.8 Å². The highest BCUT2D eigenvalue weighted by molar-refractivity contribution is 7.81. The quantitative estimate of drug-likeness (QED) is 0.441. The average molecular weight is 415 g/mol. The first-order valence-corrected chi connectivity index (χ1v) is 10.1. The van der Waals surface area contributed by atoms with E-state index < -0.39 is 17.2 Å². The van der Waals surface area contributed by atoms with Crippen molar-refractivity contribution in [3.05, 3.63) is 70.6 Å². The zero-order valence-electron chi connectivity index (χ0n) is 15.1. The number of ketones is 1. The van der Waals surface area contributed by atoms with E-state index in [1.165, 1.54) is 6.92 Å². The lowest BCUT2D eigenvalue weighted by atomic mass is 10.1. The van der Waals surface area contributed by atoms with Gasteiger partial charge in [-0.3, -0.25) is 9.35 Å². The number of aromatic carboxylic acids is 1. The predicted octanol–water partition coefficient (Wildman–Crippen LogP) is 4.90. The lowest BCUT2D eigenvalue weighted by molar-refractivity contribution is 0.0702. The van der Waals surface area contributed by atoms with E-state index in [2.05, 4.69) is 0 Å². The van der Waals surface area contributed by atoms with Crippen molar-refractivity contribution < 1.29 is 23.5 Å². The molecule has 0 aliphatic rings. The first-order valence-electron chi connectivity index (χ1n) is 8.24. The molecule has 1 atom stereocenters. The van der Waals surface area contributed by atoms with E-state index in [9.17, 15) is 23.5 Å². The Morgan fingerprint density at radius 1 is 1.04 bits per heavy atom. The van der Waals surface area contributed by atoms with E-state index >= 15 is 0 Å². The van der Waals surface area contributed by atoms with Crippen LogP contribution >= 0.6 is 11.3 Å². The monoisotopic (exact) mass is 415 g/mol. The lowest BCUT2D eigenvalue weighted by Gasteiger charge is -2.19. The fraction of sp³-hybridized carbons (Fsp3) is 0.100. The second-order valence-corrected chi connectivity index (χ2v) is 8.00. The number of Topliss-reactive ketones (excluding diaryl/α,β-unsaturated/α-hetero) is 1. The molecule has 2 aromatic carbocycles. The number of carbonyl (C=O) groups excluding carboxylic acids is 1. The zero-order valence-corrected chi connectivity index (χ0v) is 16.7. The topological polar surface area (TPSA) is 94.9 Å². The Balaban J connectivity index is 2.11. The Labute approximate surface area is 168 Å². The van der Waals surface area contributed by atoms with Gasteiger partial charge in [0.2, 0.25) is 0 Å².